The van der Waals surface area contributed by atoms with Gasteiger partial charge < -0.3 is 5.32 Å². The zero-order chi connectivity index (χ0) is 16.6. The normalized spacial score (nSPS) is 19.5. The highest BCUT2D eigenvalue weighted by Crippen LogP contribution is 2.37. The molecule has 0 spiro atoms. The molecule has 1 N–H and O–H groups in total. The molecular weight excluding hydrogens is 308 g/mol. The van der Waals surface area contributed by atoms with Crippen LogP contribution in [0.25, 0.3) is 22.3 Å². The van der Waals surface area contributed by atoms with Crippen LogP contribution in [0.2, 0.25) is 0 Å². The molecule has 0 amide bonds. The number of nitrogens with one attached hydrogen (secondary N) is 1. The van der Waals surface area contributed by atoms with E-state index in [-0.39, 0.29) is 6.42 Å². The fourth-order valence-corrected chi connectivity index (χ4v) is 3.17. The highest BCUT2D eigenvalue weighted by atomic mass is 19.3. The fraction of sp³-hybridized carbons (Fsp3) is 0.263. The summed E-state index contributed by atoms with van der Waals surface area (Å²) in [6, 6.07) is 16.2. The summed E-state index contributed by atoms with van der Waals surface area (Å²) in [4.78, 5) is 9.12. The molecule has 1 aromatic heterocycles. The Morgan fingerprint density at radius 3 is 2.46 bits per heavy atom. The first-order valence-electron chi connectivity index (χ1n) is 8.10. The van der Waals surface area contributed by atoms with Gasteiger partial charge in [0.1, 0.15) is 5.82 Å². The van der Waals surface area contributed by atoms with Crippen molar-refractivity contribution >= 4 is 16.7 Å². The standard InChI is InChI=1S/C19H17F2N3/c20-19(21)12-6-11-16(19)23-18-14-9-4-5-10-15(14)22-17(24-18)13-7-2-1-3-8-13/h1-5,7-10,16H,6,11-12H2,(H,22,23,24). The van der Waals surface area contributed by atoms with Crippen molar-refractivity contribution in [2.75, 3.05) is 5.32 Å². The lowest BCUT2D eigenvalue weighted by Gasteiger charge is -2.22. The van der Waals surface area contributed by atoms with E-state index in [0.29, 0.717) is 24.5 Å². The number of benzene rings is 2. The number of aromatic nitrogens is 2. The van der Waals surface area contributed by atoms with Gasteiger partial charge in [0.2, 0.25) is 0 Å². The van der Waals surface area contributed by atoms with E-state index < -0.39 is 12.0 Å². The second-order valence-corrected chi connectivity index (χ2v) is 6.13. The monoisotopic (exact) mass is 325 g/mol. The molecule has 3 nitrogen and oxygen atoms in total. The minimum Gasteiger partial charge on any atom is -0.361 e. The van der Waals surface area contributed by atoms with E-state index in [1.807, 2.05) is 54.6 Å². The number of nitrogens with zero attached hydrogens (tertiary/aromatic N) is 2. The van der Waals surface area contributed by atoms with Crippen LogP contribution in [0.1, 0.15) is 19.3 Å². The van der Waals surface area contributed by atoms with E-state index in [0.717, 1.165) is 16.5 Å². The predicted molar refractivity (Wildman–Crippen MR) is 91.2 cm³/mol. The lowest BCUT2D eigenvalue weighted by atomic mass is 10.1. The fourth-order valence-electron chi connectivity index (χ4n) is 3.17. The number of rotatable bonds is 3. The van der Waals surface area contributed by atoms with Gasteiger partial charge in [-0.05, 0) is 25.0 Å². The Hall–Kier alpha value is -2.56. The molecule has 0 saturated heterocycles. The minimum atomic E-state index is -2.70. The van der Waals surface area contributed by atoms with Crippen LogP contribution >= 0.6 is 0 Å². The van der Waals surface area contributed by atoms with Gasteiger partial charge in [-0.2, -0.15) is 0 Å². The number of alkyl halides is 2. The van der Waals surface area contributed by atoms with Crippen LogP contribution in [-0.2, 0) is 0 Å². The van der Waals surface area contributed by atoms with Gasteiger partial charge in [0.05, 0.1) is 11.6 Å². The highest BCUT2D eigenvalue weighted by Gasteiger charge is 2.44. The van der Waals surface area contributed by atoms with Crippen LogP contribution in [0.5, 0.6) is 0 Å². The van der Waals surface area contributed by atoms with E-state index in [1.165, 1.54) is 0 Å². The third kappa shape index (κ3) is 2.70. The summed E-state index contributed by atoms with van der Waals surface area (Å²) in [5, 5.41) is 3.75. The molecule has 1 aliphatic rings. The summed E-state index contributed by atoms with van der Waals surface area (Å²) in [5.41, 5.74) is 1.61. The Bertz CT molecular complexity index is 865. The smallest absolute Gasteiger partial charge is 0.267 e. The van der Waals surface area contributed by atoms with E-state index in [2.05, 4.69) is 15.3 Å². The van der Waals surface area contributed by atoms with Gasteiger partial charge in [-0.15, -0.1) is 0 Å². The first kappa shape index (κ1) is 15.0. The molecule has 1 fully saturated rings. The summed E-state index contributed by atoms with van der Waals surface area (Å²) in [7, 11) is 0. The van der Waals surface area contributed by atoms with Crippen LogP contribution in [0.3, 0.4) is 0 Å². The average Bonchev–Trinajstić information content (AvgIpc) is 2.94. The van der Waals surface area contributed by atoms with Crippen molar-refractivity contribution in [3.63, 3.8) is 0 Å². The topological polar surface area (TPSA) is 37.8 Å². The van der Waals surface area contributed by atoms with Gasteiger partial charge in [0.25, 0.3) is 5.92 Å². The number of halogens is 2. The third-order valence-electron chi connectivity index (χ3n) is 4.46. The molecule has 1 aliphatic carbocycles. The summed E-state index contributed by atoms with van der Waals surface area (Å²) in [6.07, 6.45) is 0.907. The third-order valence-corrected chi connectivity index (χ3v) is 4.46. The maximum Gasteiger partial charge on any atom is 0.267 e. The molecule has 2 aromatic carbocycles. The number of para-hydroxylation sites is 1. The Morgan fingerprint density at radius 2 is 1.71 bits per heavy atom. The van der Waals surface area contributed by atoms with E-state index >= 15 is 0 Å². The molecule has 122 valence electrons. The molecule has 24 heavy (non-hydrogen) atoms. The SMILES string of the molecule is FC1(F)CCCC1Nc1nc(-c2ccccc2)nc2ccccc12. The largest absolute Gasteiger partial charge is 0.361 e. The zero-order valence-electron chi connectivity index (χ0n) is 13.0. The Morgan fingerprint density at radius 1 is 0.958 bits per heavy atom. The maximum absolute atomic E-state index is 14.0. The second kappa shape index (κ2) is 5.82. The lowest BCUT2D eigenvalue weighted by molar-refractivity contribution is -0.000648. The Kier molecular flexibility index (Phi) is 3.63. The van der Waals surface area contributed by atoms with E-state index in [9.17, 15) is 8.78 Å². The van der Waals surface area contributed by atoms with Crippen molar-refractivity contribution in [2.45, 2.75) is 31.2 Å². The van der Waals surface area contributed by atoms with Crippen LogP contribution in [0.15, 0.2) is 54.6 Å². The van der Waals surface area contributed by atoms with Gasteiger partial charge in [-0.1, -0.05) is 42.5 Å². The number of hydrogen-bond donors (Lipinski definition) is 1. The van der Waals surface area contributed by atoms with E-state index in [1.54, 1.807) is 0 Å². The van der Waals surface area contributed by atoms with Crippen molar-refractivity contribution in [1.29, 1.82) is 0 Å². The van der Waals surface area contributed by atoms with Crippen LogP contribution in [0.4, 0.5) is 14.6 Å². The summed E-state index contributed by atoms with van der Waals surface area (Å²) in [5.74, 6) is -1.68. The first-order chi connectivity index (χ1) is 11.6. The minimum absolute atomic E-state index is 0.0702. The van der Waals surface area contributed by atoms with Gasteiger partial charge >= 0.3 is 0 Å². The van der Waals surface area contributed by atoms with E-state index in [4.69, 9.17) is 0 Å². The van der Waals surface area contributed by atoms with Crippen molar-refractivity contribution in [2.24, 2.45) is 0 Å². The van der Waals surface area contributed by atoms with Gasteiger partial charge in [0.15, 0.2) is 5.82 Å². The molecule has 1 saturated carbocycles. The molecule has 1 atom stereocenters. The quantitative estimate of drug-likeness (QED) is 0.744. The summed E-state index contributed by atoms with van der Waals surface area (Å²) < 4.78 is 28.0. The van der Waals surface area contributed by atoms with Crippen molar-refractivity contribution < 1.29 is 8.78 Å². The Labute approximate surface area is 138 Å². The van der Waals surface area contributed by atoms with Crippen LogP contribution < -0.4 is 5.32 Å². The van der Waals surface area contributed by atoms with Crippen LogP contribution in [-0.4, -0.2) is 21.9 Å². The maximum atomic E-state index is 14.0. The predicted octanol–water partition coefficient (Wildman–Crippen LogP) is 4.90. The molecule has 0 aliphatic heterocycles. The second-order valence-electron chi connectivity index (χ2n) is 6.13. The van der Waals surface area contributed by atoms with Gasteiger partial charge in [-0.25, -0.2) is 18.7 Å². The van der Waals surface area contributed by atoms with Crippen molar-refractivity contribution in [1.82, 2.24) is 9.97 Å². The number of anilines is 1. The molecule has 0 bridgehead atoms. The first-order valence-corrected chi connectivity index (χ1v) is 8.10. The van der Waals surface area contributed by atoms with Crippen LogP contribution in [0, 0.1) is 0 Å². The molecule has 0 radical (unpaired) electrons. The van der Waals surface area contributed by atoms with Gasteiger partial charge in [0, 0.05) is 17.4 Å². The molecule has 5 heteroatoms. The molecule has 1 heterocycles. The summed E-state index contributed by atoms with van der Waals surface area (Å²) >= 11 is 0. The number of fused-ring (bicyclic) bond motifs is 1. The summed E-state index contributed by atoms with van der Waals surface area (Å²) in [6.45, 7) is 0. The number of hydrogen-bond acceptors (Lipinski definition) is 3. The van der Waals surface area contributed by atoms with Crippen molar-refractivity contribution in [3.05, 3.63) is 54.6 Å². The Balaban J connectivity index is 1.81. The molecule has 3 aromatic rings. The average molecular weight is 325 g/mol. The van der Waals surface area contributed by atoms with Gasteiger partial charge in [-0.3, -0.25) is 0 Å². The highest BCUT2D eigenvalue weighted by molar-refractivity contribution is 5.90. The molecule has 1 unspecified atom stereocenters. The zero-order valence-corrected chi connectivity index (χ0v) is 13.0. The molecular formula is C19H17F2N3. The lowest BCUT2D eigenvalue weighted by Crippen LogP contribution is -2.34. The molecule has 4 rings (SSSR count). The van der Waals surface area contributed by atoms with Crippen molar-refractivity contribution in [3.8, 4) is 11.4 Å².